The zero-order valence-corrected chi connectivity index (χ0v) is 18.1. The molecular weight excluding hydrogens is 408 g/mol. The number of rotatable bonds is 3. The van der Waals surface area contributed by atoms with Crippen molar-refractivity contribution in [2.45, 2.75) is 24.2 Å². The summed E-state index contributed by atoms with van der Waals surface area (Å²) in [6.07, 6.45) is 6.82. The van der Waals surface area contributed by atoms with E-state index in [4.69, 9.17) is 9.97 Å². The summed E-state index contributed by atoms with van der Waals surface area (Å²) in [4.78, 5) is 15.4. The minimum atomic E-state index is -1.04. The molecule has 2 fully saturated rings. The number of fused-ring (bicyclic) bond motifs is 3. The van der Waals surface area contributed by atoms with Gasteiger partial charge in [-0.3, -0.25) is 4.21 Å². The molecule has 0 amide bonds. The molecule has 1 aromatic carbocycles. The first-order valence-electron chi connectivity index (χ1n) is 11.1. The van der Waals surface area contributed by atoms with Crippen LogP contribution in [0.25, 0.3) is 5.82 Å². The average molecular weight is 433 g/mol. The van der Waals surface area contributed by atoms with Gasteiger partial charge in [-0.2, -0.15) is 10.1 Å². The van der Waals surface area contributed by atoms with Crippen LogP contribution in [0.4, 0.5) is 11.6 Å². The van der Waals surface area contributed by atoms with Gasteiger partial charge in [-0.25, -0.2) is 9.67 Å². The Labute approximate surface area is 183 Å². The normalized spacial score (nSPS) is 26.0. The van der Waals surface area contributed by atoms with Crippen LogP contribution in [0.3, 0.4) is 0 Å². The van der Waals surface area contributed by atoms with Crippen LogP contribution in [0.2, 0.25) is 0 Å². The maximum Gasteiger partial charge on any atom is 0.227 e. The van der Waals surface area contributed by atoms with E-state index in [9.17, 15) is 4.21 Å². The maximum atomic E-state index is 12.6. The van der Waals surface area contributed by atoms with Crippen molar-refractivity contribution in [2.75, 3.05) is 41.7 Å². The summed E-state index contributed by atoms with van der Waals surface area (Å²) in [5, 5.41) is 4.35. The van der Waals surface area contributed by atoms with Crippen LogP contribution in [0.1, 0.15) is 16.8 Å². The molecule has 7 rings (SSSR count). The molecule has 3 atom stereocenters. The molecule has 0 N–H and O–H groups in total. The van der Waals surface area contributed by atoms with Crippen molar-refractivity contribution in [3.63, 3.8) is 0 Å². The van der Waals surface area contributed by atoms with Crippen molar-refractivity contribution < 1.29 is 4.21 Å². The molecule has 158 valence electrons. The maximum absolute atomic E-state index is 12.6. The van der Waals surface area contributed by atoms with Crippen molar-refractivity contribution in [1.29, 1.82) is 0 Å². The van der Waals surface area contributed by atoms with Crippen LogP contribution in [-0.2, 0) is 30.1 Å². The quantitative estimate of drug-likeness (QED) is 0.631. The van der Waals surface area contributed by atoms with E-state index >= 15 is 0 Å². The smallest absolute Gasteiger partial charge is 0.227 e. The third-order valence-corrected chi connectivity index (χ3v) is 8.82. The lowest BCUT2D eigenvalue weighted by Crippen LogP contribution is -2.30. The van der Waals surface area contributed by atoms with E-state index in [1.54, 1.807) is 10.9 Å². The van der Waals surface area contributed by atoms with Crippen molar-refractivity contribution in [3.05, 3.63) is 53.5 Å². The molecule has 5 heterocycles. The Morgan fingerprint density at radius 2 is 1.74 bits per heavy atom. The summed E-state index contributed by atoms with van der Waals surface area (Å²) in [6.45, 7) is 4.15. The Hall–Kier alpha value is -2.74. The van der Waals surface area contributed by atoms with E-state index in [0.717, 1.165) is 49.1 Å². The summed E-state index contributed by atoms with van der Waals surface area (Å²) >= 11 is 0. The standard InChI is InChI=1S/C23H24N6OS/c30-31-9-6-20-21(31)22(29-8-1-7-24-29)26-23(25-20)28-13-17-11-27(12-18(17)14-28)19-5-4-15-2-3-16(15)10-19/h1,4-5,7-8,10,17-18H,2-3,6,9,11-14H2/t17-,18+,31-/m1/s1. The van der Waals surface area contributed by atoms with Crippen LogP contribution in [0.15, 0.2) is 41.6 Å². The highest BCUT2D eigenvalue weighted by Crippen LogP contribution is 2.38. The average Bonchev–Trinajstić information content (AvgIpc) is 3.52. The van der Waals surface area contributed by atoms with Gasteiger partial charge < -0.3 is 9.80 Å². The lowest BCUT2D eigenvalue weighted by molar-refractivity contribution is 0.533. The van der Waals surface area contributed by atoms with E-state index < -0.39 is 10.8 Å². The number of nitrogens with zero attached hydrogens (tertiary/aromatic N) is 6. The molecule has 3 aliphatic heterocycles. The summed E-state index contributed by atoms with van der Waals surface area (Å²) in [7, 11) is -1.04. The predicted octanol–water partition coefficient (Wildman–Crippen LogP) is 2.00. The van der Waals surface area contributed by atoms with Gasteiger partial charge >= 0.3 is 0 Å². The number of aryl methyl sites for hydroxylation is 3. The van der Waals surface area contributed by atoms with Gasteiger partial charge in [-0.15, -0.1) is 0 Å². The highest BCUT2D eigenvalue weighted by Gasteiger charge is 2.41. The summed E-state index contributed by atoms with van der Waals surface area (Å²) < 4.78 is 14.3. The van der Waals surface area contributed by atoms with Gasteiger partial charge in [0.15, 0.2) is 5.82 Å². The molecule has 0 unspecified atom stereocenters. The zero-order valence-electron chi connectivity index (χ0n) is 17.3. The SMILES string of the molecule is O=[S@@]1CCc2nc(N3C[C@H]4CN(c5ccc6c(c5)CC6)C[C@H]4C3)nc(-n3cccn3)c21. The molecule has 2 saturated heterocycles. The van der Waals surface area contributed by atoms with Gasteiger partial charge in [-0.1, -0.05) is 6.07 Å². The first kappa shape index (κ1) is 17.9. The van der Waals surface area contributed by atoms with Gasteiger partial charge in [0, 0.05) is 68.3 Å². The lowest BCUT2D eigenvalue weighted by atomic mass is 9.88. The summed E-state index contributed by atoms with van der Waals surface area (Å²) in [6, 6.07) is 8.89. The van der Waals surface area contributed by atoms with Crippen molar-refractivity contribution in [2.24, 2.45) is 11.8 Å². The second kappa shape index (κ2) is 6.63. The first-order chi connectivity index (χ1) is 15.2. The number of hydrogen-bond acceptors (Lipinski definition) is 6. The molecule has 31 heavy (non-hydrogen) atoms. The number of hydrogen-bond donors (Lipinski definition) is 0. The molecule has 0 bridgehead atoms. The molecule has 0 spiro atoms. The van der Waals surface area contributed by atoms with Gasteiger partial charge in [0.05, 0.1) is 16.5 Å². The molecule has 4 aliphatic rings. The van der Waals surface area contributed by atoms with Gasteiger partial charge in [-0.05, 0) is 42.2 Å². The predicted molar refractivity (Wildman–Crippen MR) is 119 cm³/mol. The van der Waals surface area contributed by atoms with E-state index in [1.165, 1.54) is 29.7 Å². The highest BCUT2D eigenvalue weighted by atomic mass is 32.2. The third-order valence-electron chi connectivity index (χ3n) is 7.37. The Bertz CT molecular complexity index is 1200. The monoisotopic (exact) mass is 432 g/mol. The first-order valence-corrected chi connectivity index (χ1v) is 12.5. The van der Waals surface area contributed by atoms with E-state index in [0.29, 0.717) is 23.4 Å². The fourth-order valence-corrected chi connectivity index (χ4v) is 6.94. The fraction of sp³-hybridized carbons (Fsp3) is 0.435. The number of benzene rings is 1. The second-order valence-electron chi connectivity index (χ2n) is 9.16. The van der Waals surface area contributed by atoms with Crippen LogP contribution < -0.4 is 9.80 Å². The molecule has 0 radical (unpaired) electrons. The number of aromatic nitrogens is 4. The van der Waals surface area contributed by atoms with Crippen molar-refractivity contribution >= 4 is 22.4 Å². The Balaban J connectivity index is 1.15. The number of anilines is 2. The fourth-order valence-electron chi connectivity index (χ4n) is 5.60. The molecule has 8 heteroatoms. The van der Waals surface area contributed by atoms with Crippen LogP contribution >= 0.6 is 0 Å². The van der Waals surface area contributed by atoms with Crippen LogP contribution in [0.5, 0.6) is 0 Å². The van der Waals surface area contributed by atoms with Crippen molar-refractivity contribution in [1.82, 2.24) is 19.7 Å². The van der Waals surface area contributed by atoms with Crippen molar-refractivity contribution in [3.8, 4) is 5.82 Å². The summed E-state index contributed by atoms with van der Waals surface area (Å²) in [5.41, 5.74) is 5.37. The molecule has 7 nitrogen and oxygen atoms in total. The van der Waals surface area contributed by atoms with Gasteiger partial charge in [0.25, 0.3) is 0 Å². The minimum absolute atomic E-state index is 0.628. The van der Waals surface area contributed by atoms with Crippen LogP contribution in [-0.4, -0.2) is 55.9 Å². The summed E-state index contributed by atoms with van der Waals surface area (Å²) in [5.74, 6) is 3.34. The molecule has 2 aromatic heterocycles. The molecule has 1 aliphatic carbocycles. The Kier molecular flexibility index (Phi) is 3.82. The zero-order chi connectivity index (χ0) is 20.5. The topological polar surface area (TPSA) is 67.2 Å². The van der Waals surface area contributed by atoms with E-state index in [1.807, 2.05) is 12.3 Å². The van der Waals surface area contributed by atoms with E-state index in [-0.39, 0.29) is 0 Å². The lowest BCUT2D eigenvalue weighted by Gasteiger charge is -2.26. The van der Waals surface area contributed by atoms with Crippen LogP contribution in [0, 0.1) is 11.8 Å². The Morgan fingerprint density at radius 1 is 0.935 bits per heavy atom. The molecule has 3 aromatic rings. The van der Waals surface area contributed by atoms with Gasteiger partial charge in [0.1, 0.15) is 4.90 Å². The third kappa shape index (κ3) is 2.77. The van der Waals surface area contributed by atoms with Gasteiger partial charge in [0.2, 0.25) is 5.95 Å². The van der Waals surface area contributed by atoms with E-state index in [2.05, 4.69) is 33.1 Å². The second-order valence-corrected chi connectivity index (χ2v) is 10.7. The Morgan fingerprint density at radius 3 is 2.45 bits per heavy atom. The molecule has 0 saturated carbocycles. The largest absolute Gasteiger partial charge is 0.371 e. The minimum Gasteiger partial charge on any atom is -0.371 e. The highest BCUT2D eigenvalue weighted by molar-refractivity contribution is 7.85. The molecular formula is C23H24N6OS.